The second-order valence-corrected chi connectivity index (χ2v) is 10.2. The largest absolute Gasteiger partial charge is 0.466 e. The van der Waals surface area contributed by atoms with E-state index < -0.39 is 59.0 Å². The van der Waals surface area contributed by atoms with Crippen molar-refractivity contribution in [2.45, 2.75) is 75.3 Å². The third-order valence-corrected chi connectivity index (χ3v) is 6.86. The maximum atomic E-state index is 13.0. The number of carbonyl (C=O) groups is 3. The average molecular weight is 513 g/mol. The molecular formula is C23H32N2O9S. The summed E-state index contributed by atoms with van der Waals surface area (Å²) in [7, 11) is 1.22. The molecule has 0 bridgehead atoms. The number of thioether (sulfide) groups is 1. The summed E-state index contributed by atoms with van der Waals surface area (Å²) in [6, 6.07) is 3.78. The first-order valence-electron chi connectivity index (χ1n) is 11.3. The molecule has 0 spiro atoms. The van der Waals surface area contributed by atoms with Gasteiger partial charge in [0.1, 0.15) is 30.1 Å². The van der Waals surface area contributed by atoms with Crippen molar-refractivity contribution in [3.63, 3.8) is 0 Å². The second-order valence-electron chi connectivity index (χ2n) is 8.71. The van der Waals surface area contributed by atoms with Gasteiger partial charge in [0.25, 0.3) is 0 Å². The molecule has 2 aliphatic rings. The van der Waals surface area contributed by atoms with E-state index in [1.54, 1.807) is 26.0 Å². The van der Waals surface area contributed by atoms with E-state index >= 15 is 0 Å². The number of carbonyl (C=O) groups excluding carboxylic acids is 3. The Bertz CT molecular complexity index is 916. The summed E-state index contributed by atoms with van der Waals surface area (Å²) in [6.45, 7) is 6.59. The Hall–Kier alpha value is -2.25. The van der Waals surface area contributed by atoms with Crippen molar-refractivity contribution < 1.29 is 43.2 Å². The Morgan fingerprint density at radius 1 is 1.31 bits per heavy atom. The van der Waals surface area contributed by atoms with Crippen molar-refractivity contribution in [1.29, 1.82) is 0 Å². The van der Waals surface area contributed by atoms with E-state index in [0.717, 1.165) is 11.8 Å². The number of nitrogens with one attached hydrogen (secondary N) is 1. The van der Waals surface area contributed by atoms with Crippen LogP contribution in [-0.2, 0) is 33.3 Å². The van der Waals surface area contributed by atoms with E-state index in [4.69, 9.17) is 23.7 Å². The summed E-state index contributed by atoms with van der Waals surface area (Å²) in [5.41, 5.74) is 0.0544. The summed E-state index contributed by atoms with van der Waals surface area (Å²) < 4.78 is 28.4. The van der Waals surface area contributed by atoms with E-state index in [0.29, 0.717) is 5.75 Å². The fraction of sp³-hybridized carbons (Fsp3) is 0.652. The average Bonchev–Trinajstić information content (AvgIpc) is 3.19. The van der Waals surface area contributed by atoms with Crippen LogP contribution in [0.25, 0.3) is 0 Å². The molecular weight excluding hydrogens is 480 g/mol. The van der Waals surface area contributed by atoms with Crippen molar-refractivity contribution >= 4 is 29.6 Å². The SMILES string of the molecule is CCS[C@]1(C(=O)OC)C[C@H](OC(=O)c2ccccn2)[C@@H](NC(C)=O)[C@H]([C@H](O)[C@H]2COC(C)(C)O2)O1. The molecule has 194 valence electrons. The Morgan fingerprint density at radius 3 is 2.60 bits per heavy atom. The number of amides is 1. The van der Waals surface area contributed by atoms with Crippen molar-refractivity contribution in [1.82, 2.24) is 10.3 Å². The molecule has 3 rings (SSSR count). The predicted molar refractivity (Wildman–Crippen MR) is 124 cm³/mol. The lowest BCUT2D eigenvalue weighted by Gasteiger charge is -2.48. The highest BCUT2D eigenvalue weighted by Crippen LogP contribution is 2.43. The molecule has 2 fully saturated rings. The van der Waals surface area contributed by atoms with E-state index in [-0.39, 0.29) is 18.7 Å². The minimum absolute atomic E-state index is 0.0544. The molecule has 6 atom stereocenters. The smallest absolute Gasteiger partial charge is 0.357 e. The Morgan fingerprint density at radius 2 is 2.06 bits per heavy atom. The first-order valence-corrected chi connectivity index (χ1v) is 12.3. The highest BCUT2D eigenvalue weighted by Gasteiger charge is 2.58. The maximum absolute atomic E-state index is 13.0. The van der Waals surface area contributed by atoms with Gasteiger partial charge in [0.05, 0.1) is 19.8 Å². The normalized spacial score (nSPS) is 30.8. The zero-order chi connectivity index (χ0) is 25.8. The number of hydrogen-bond acceptors (Lipinski definition) is 11. The molecule has 0 radical (unpaired) electrons. The molecule has 1 aromatic rings. The summed E-state index contributed by atoms with van der Waals surface area (Å²) in [5, 5.41) is 14.0. The zero-order valence-electron chi connectivity index (χ0n) is 20.4. The van der Waals surface area contributed by atoms with Gasteiger partial charge in [-0.1, -0.05) is 13.0 Å². The molecule has 12 heteroatoms. The van der Waals surface area contributed by atoms with Crippen LogP contribution in [0, 0.1) is 0 Å². The van der Waals surface area contributed by atoms with Gasteiger partial charge in [-0.05, 0) is 31.7 Å². The van der Waals surface area contributed by atoms with Crippen LogP contribution in [0.4, 0.5) is 0 Å². The fourth-order valence-electron chi connectivity index (χ4n) is 4.20. The Balaban J connectivity index is 2.01. The van der Waals surface area contributed by atoms with Gasteiger partial charge < -0.3 is 34.1 Å². The number of pyridine rings is 1. The molecule has 2 aliphatic heterocycles. The Kier molecular flexibility index (Phi) is 8.76. The third kappa shape index (κ3) is 6.31. The van der Waals surface area contributed by atoms with Crippen LogP contribution >= 0.6 is 11.8 Å². The number of aliphatic hydroxyl groups excluding tert-OH is 1. The molecule has 1 aromatic heterocycles. The molecule has 0 aliphatic carbocycles. The van der Waals surface area contributed by atoms with Gasteiger partial charge in [-0.3, -0.25) is 4.79 Å². The zero-order valence-corrected chi connectivity index (χ0v) is 21.2. The van der Waals surface area contributed by atoms with Crippen molar-refractivity contribution in [3.05, 3.63) is 30.1 Å². The van der Waals surface area contributed by atoms with Crippen LogP contribution in [0.3, 0.4) is 0 Å². The van der Waals surface area contributed by atoms with Gasteiger partial charge in [-0.2, -0.15) is 0 Å². The quantitative estimate of drug-likeness (QED) is 0.482. The molecule has 35 heavy (non-hydrogen) atoms. The highest BCUT2D eigenvalue weighted by molar-refractivity contribution is 8.01. The Labute approximate surface area is 208 Å². The lowest BCUT2D eigenvalue weighted by atomic mass is 9.89. The molecule has 2 N–H and O–H groups in total. The fourth-order valence-corrected chi connectivity index (χ4v) is 5.33. The number of esters is 2. The van der Waals surface area contributed by atoms with Crippen LogP contribution in [0.1, 0.15) is 44.6 Å². The number of aliphatic hydroxyl groups is 1. The number of methoxy groups -OCH3 is 1. The van der Waals surface area contributed by atoms with Crippen LogP contribution in [0.15, 0.2) is 24.4 Å². The van der Waals surface area contributed by atoms with Crippen molar-refractivity contribution in [2.24, 2.45) is 0 Å². The van der Waals surface area contributed by atoms with E-state index in [2.05, 4.69) is 10.3 Å². The number of rotatable bonds is 8. The lowest BCUT2D eigenvalue weighted by Crippen LogP contribution is -2.67. The summed E-state index contributed by atoms with van der Waals surface area (Å²) in [5.74, 6) is -2.37. The first-order chi connectivity index (χ1) is 16.5. The molecule has 11 nitrogen and oxygen atoms in total. The summed E-state index contributed by atoms with van der Waals surface area (Å²) in [4.78, 5) is 40.4. The molecule has 0 aromatic carbocycles. The van der Waals surface area contributed by atoms with E-state index in [1.807, 2.05) is 6.92 Å². The molecule has 0 unspecified atom stereocenters. The number of hydrogen-bond donors (Lipinski definition) is 2. The molecule has 1 amide bonds. The van der Waals surface area contributed by atoms with Gasteiger partial charge in [-0.15, -0.1) is 11.8 Å². The minimum atomic E-state index is -1.60. The standard InChI is InChI=1S/C23H32N2O9S/c1-6-35-23(21(29)30-5)11-15(32-20(28)14-9-7-8-10-24-14)17(25-13(2)26)19(34-23)18(27)16-12-31-22(3,4)33-16/h7-10,15-19,27H,6,11-12H2,1-5H3,(H,25,26)/t15-,16+,17+,18+,19+,23-/m0/s1. The van der Waals surface area contributed by atoms with Crippen molar-refractivity contribution in [2.75, 3.05) is 19.5 Å². The van der Waals surface area contributed by atoms with Crippen LogP contribution in [-0.4, -0.2) is 88.6 Å². The van der Waals surface area contributed by atoms with Crippen molar-refractivity contribution in [3.8, 4) is 0 Å². The second kappa shape index (κ2) is 11.2. The monoisotopic (exact) mass is 512 g/mol. The highest BCUT2D eigenvalue weighted by atomic mass is 32.2. The molecule has 0 saturated carbocycles. The van der Waals surface area contributed by atoms with Gasteiger partial charge >= 0.3 is 11.9 Å². The van der Waals surface area contributed by atoms with Crippen LogP contribution in [0.5, 0.6) is 0 Å². The molecule has 2 saturated heterocycles. The summed E-state index contributed by atoms with van der Waals surface area (Å²) in [6.07, 6.45) is -3.10. The van der Waals surface area contributed by atoms with Crippen LogP contribution < -0.4 is 5.32 Å². The van der Waals surface area contributed by atoms with Gasteiger partial charge in [-0.25, -0.2) is 14.6 Å². The van der Waals surface area contributed by atoms with E-state index in [1.165, 1.54) is 26.3 Å². The lowest BCUT2D eigenvalue weighted by molar-refractivity contribution is -0.213. The summed E-state index contributed by atoms with van der Waals surface area (Å²) >= 11 is 1.14. The number of ether oxygens (including phenoxy) is 5. The predicted octanol–water partition coefficient (Wildman–Crippen LogP) is 1.04. The van der Waals surface area contributed by atoms with Crippen LogP contribution in [0.2, 0.25) is 0 Å². The maximum Gasteiger partial charge on any atom is 0.357 e. The minimum Gasteiger partial charge on any atom is -0.466 e. The van der Waals surface area contributed by atoms with Gasteiger partial charge in [0.15, 0.2) is 5.79 Å². The van der Waals surface area contributed by atoms with Gasteiger partial charge in [0, 0.05) is 19.5 Å². The number of nitrogens with zero attached hydrogens (tertiary/aromatic N) is 1. The topological polar surface area (TPSA) is 143 Å². The third-order valence-electron chi connectivity index (χ3n) is 5.68. The van der Waals surface area contributed by atoms with Gasteiger partial charge in [0.2, 0.25) is 10.8 Å². The molecule has 3 heterocycles. The number of aromatic nitrogens is 1. The first kappa shape index (κ1) is 27.3. The van der Waals surface area contributed by atoms with E-state index in [9.17, 15) is 19.5 Å².